The minimum atomic E-state index is -0.502. The second-order valence-electron chi connectivity index (χ2n) is 5.48. The summed E-state index contributed by atoms with van der Waals surface area (Å²) in [5.74, 6) is -0.380. The molecule has 0 aromatic carbocycles. The number of primary amides is 1. The van der Waals surface area contributed by atoms with Gasteiger partial charge in [-0.05, 0) is 32.6 Å². The molecule has 1 heterocycles. The number of likely N-dealkylation sites (tertiary alicyclic amines) is 1. The van der Waals surface area contributed by atoms with Gasteiger partial charge in [-0.2, -0.15) is 0 Å². The first kappa shape index (κ1) is 12.4. The fraction of sp³-hybridized carbons (Fsp3) is 0.833. The lowest BCUT2D eigenvalue weighted by molar-refractivity contribution is -0.145. The lowest BCUT2D eigenvalue weighted by Gasteiger charge is -2.34. The summed E-state index contributed by atoms with van der Waals surface area (Å²) in [5, 5.41) is 0. The van der Waals surface area contributed by atoms with Crippen molar-refractivity contribution in [2.24, 2.45) is 16.9 Å². The van der Waals surface area contributed by atoms with Crippen LogP contribution in [0.15, 0.2) is 0 Å². The average molecular weight is 239 g/mol. The molecule has 2 amide bonds. The van der Waals surface area contributed by atoms with Crippen molar-refractivity contribution in [3.8, 4) is 0 Å². The molecule has 0 aromatic heterocycles. The highest BCUT2D eigenvalue weighted by atomic mass is 16.2. The van der Waals surface area contributed by atoms with Crippen molar-refractivity contribution in [2.75, 3.05) is 6.54 Å². The molecule has 0 aromatic rings. The van der Waals surface area contributed by atoms with Gasteiger partial charge >= 0.3 is 0 Å². The Bertz CT molecular complexity index is 345. The first-order chi connectivity index (χ1) is 7.97. The molecular formula is C12H21N3O2. The van der Waals surface area contributed by atoms with E-state index in [2.05, 4.69) is 0 Å². The van der Waals surface area contributed by atoms with Crippen LogP contribution in [-0.2, 0) is 9.59 Å². The number of nitrogens with two attached hydrogens (primary N) is 2. The zero-order valence-electron chi connectivity index (χ0n) is 10.3. The minimum Gasteiger partial charge on any atom is -0.368 e. The zero-order valence-corrected chi connectivity index (χ0v) is 10.3. The summed E-state index contributed by atoms with van der Waals surface area (Å²) in [6.07, 6.45) is 4.22. The van der Waals surface area contributed by atoms with Gasteiger partial charge in [0.25, 0.3) is 0 Å². The molecule has 3 atom stereocenters. The van der Waals surface area contributed by atoms with E-state index in [0.717, 1.165) is 25.7 Å². The van der Waals surface area contributed by atoms with Gasteiger partial charge in [-0.3, -0.25) is 9.59 Å². The highest BCUT2D eigenvalue weighted by molar-refractivity contribution is 5.90. The zero-order chi connectivity index (χ0) is 12.6. The van der Waals surface area contributed by atoms with Crippen molar-refractivity contribution >= 4 is 11.8 Å². The number of rotatable bonds is 2. The summed E-state index contributed by atoms with van der Waals surface area (Å²) >= 11 is 0. The molecule has 1 aliphatic carbocycles. The second-order valence-corrected chi connectivity index (χ2v) is 5.48. The topological polar surface area (TPSA) is 89.4 Å². The first-order valence-corrected chi connectivity index (χ1v) is 6.33. The van der Waals surface area contributed by atoms with E-state index in [1.54, 1.807) is 4.90 Å². The van der Waals surface area contributed by atoms with Crippen LogP contribution in [0.3, 0.4) is 0 Å². The number of hydrogen-bond donors (Lipinski definition) is 2. The number of carbonyl (C=O) groups excluding carboxylic acids is 2. The maximum Gasteiger partial charge on any atom is 0.240 e. The number of nitrogens with zero attached hydrogens (tertiary/aromatic N) is 1. The molecule has 0 spiro atoms. The lowest BCUT2D eigenvalue weighted by atomic mass is 9.83. The Labute approximate surface area is 102 Å². The molecule has 17 heavy (non-hydrogen) atoms. The number of hydrogen-bond acceptors (Lipinski definition) is 3. The standard InChI is InChI=1S/C12H21N3O2/c1-12(6-2-5-9(12)13)11(17)15-7-3-4-8(15)10(14)16/h8-9H,2-7,13H2,1H3,(H2,14,16). The third-order valence-corrected chi connectivity index (χ3v) is 4.36. The highest BCUT2D eigenvalue weighted by Crippen LogP contribution is 2.39. The molecule has 2 rings (SSSR count). The fourth-order valence-corrected chi connectivity index (χ4v) is 3.09. The van der Waals surface area contributed by atoms with Crippen LogP contribution in [0.5, 0.6) is 0 Å². The van der Waals surface area contributed by atoms with Crippen LogP contribution in [0.25, 0.3) is 0 Å². The van der Waals surface area contributed by atoms with Crippen LogP contribution in [0.1, 0.15) is 39.0 Å². The first-order valence-electron chi connectivity index (χ1n) is 6.33. The van der Waals surface area contributed by atoms with Gasteiger partial charge in [0.1, 0.15) is 6.04 Å². The van der Waals surface area contributed by atoms with Crippen molar-refractivity contribution in [2.45, 2.75) is 51.1 Å². The van der Waals surface area contributed by atoms with E-state index < -0.39 is 17.4 Å². The molecule has 0 bridgehead atoms. The minimum absolute atomic E-state index is 0.0174. The molecule has 1 aliphatic heterocycles. The van der Waals surface area contributed by atoms with Gasteiger partial charge in [-0.1, -0.05) is 6.42 Å². The van der Waals surface area contributed by atoms with Crippen molar-refractivity contribution in [1.82, 2.24) is 4.90 Å². The van der Waals surface area contributed by atoms with Gasteiger partial charge in [-0.25, -0.2) is 0 Å². The summed E-state index contributed by atoms with van der Waals surface area (Å²) in [6, 6.07) is -0.517. The quantitative estimate of drug-likeness (QED) is 0.709. The molecule has 2 aliphatic rings. The van der Waals surface area contributed by atoms with E-state index in [1.165, 1.54) is 0 Å². The fourth-order valence-electron chi connectivity index (χ4n) is 3.09. The summed E-state index contributed by atoms with van der Waals surface area (Å²) in [7, 11) is 0. The summed E-state index contributed by atoms with van der Waals surface area (Å²) < 4.78 is 0. The Hall–Kier alpha value is -1.10. The molecular weight excluding hydrogens is 218 g/mol. The molecule has 3 unspecified atom stereocenters. The Morgan fingerprint density at radius 2 is 2.00 bits per heavy atom. The monoisotopic (exact) mass is 239 g/mol. The molecule has 1 saturated carbocycles. The molecule has 5 heteroatoms. The Morgan fingerprint density at radius 1 is 1.29 bits per heavy atom. The second kappa shape index (κ2) is 4.29. The average Bonchev–Trinajstić information content (AvgIpc) is 2.86. The maximum atomic E-state index is 12.5. The van der Waals surface area contributed by atoms with Gasteiger partial charge in [0.2, 0.25) is 11.8 Å². The van der Waals surface area contributed by atoms with Crippen LogP contribution >= 0.6 is 0 Å². The van der Waals surface area contributed by atoms with Crippen molar-refractivity contribution in [1.29, 1.82) is 0 Å². The van der Waals surface area contributed by atoms with Gasteiger partial charge in [0.05, 0.1) is 5.41 Å². The van der Waals surface area contributed by atoms with Gasteiger partial charge in [0.15, 0.2) is 0 Å². The Kier molecular flexibility index (Phi) is 3.12. The molecule has 2 fully saturated rings. The van der Waals surface area contributed by atoms with Crippen LogP contribution < -0.4 is 11.5 Å². The van der Waals surface area contributed by atoms with Crippen LogP contribution in [0, 0.1) is 5.41 Å². The van der Waals surface area contributed by atoms with E-state index >= 15 is 0 Å². The lowest BCUT2D eigenvalue weighted by Crippen LogP contribution is -2.53. The smallest absolute Gasteiger partial charge is 0.240 e. The number of carbonyl (C=O) groups is 2. The van der Waals surface area contributed by atoms with Crippen molar-refractivity contribution in [3.63, 3.8) is 0 Å². The van der Waals surface area contributed by atoms with Gasteiger partial charge in [-0.15, -0.1) is 0 Å². The van der Waals surface area contributed by atoms with Gasteiger partial charge in [0, 0.05) is 12.6 Å². The molecule has 1 saturated heterocycles. The predicted octanol–water partition coefficient (Wildman–Crippen LogP) is -0.0198. The Morgan fingerprint density at radius 3 is 2.53 bits per heavy atom. The normalized spacial score (nSPS) is 37.4. The van der Waals surface area contributed by atoms with E-state index in [0.29, 0.717) is 13.0 Å². The van der Waals surface area contributed by atoms with Crippen molar-refractivity contribution in [3.05, 3.63) is 0 Å². The molecule has 0 radical (unpaired) electrons. The van der Waals surface area contributed by atoms with E-state index in [1.807, 2.05) is 6.92 Å². The predicted molar refractivity (Wildman–Crippen MR) is 63.9 cm³/mol. The van der Waals surface area contributed by atoms with E-state index in [9.17, 15) is 9.59 Å². The van der Waals surface area contributed by atoms with E-state index in [-0.39, 0.29) is 11.9 Å². The van der Waals surface area contributed by atoms with Crippen LogP contribution in [0.4, 0.5) is 0 Å². The molecule has 96 valence electrons. The van der Waals surface area contributed by atoms with E-state index in [4.69, 9.17) is 11.5 Å². The van der Waals surface area contributed by atoms with Crippen LogP contribution in [-0.4, -0.2) is 35.3 Å². The number of amides is 2. The Balaban J connectivity index is 2.17. The van der Waals surface area contributed by atoms with Crippen LogP contribution in [0.2, 0.25) is 0 Å². The SMILES string of the molecule is CC1(C(=O)N2CCCC2C(N)=O)CCCC1N. The third-order valence-electron chi connectivity index (χ3n) is 4.36. The molecule has 4 N–H and O–H groups in total. The highest BCUT2D eigenvalue weighted by Gasteiger charge is 2.48. The summed E-state index contributed by atoms with van der Waals surface area (Å²) in [5.41, 5.74) is 10.9. The largest absolute Gasteiger partial charge is 0.368 e. The summed E-state index contributed by atoms with van der Waals surface area (Å²) in [4.78, 5) is 25.5. The molecule has 5 nitrogen and oxygen atoms in total. The van der Waals surface area contributed by atoms with Crippen molar-refractivity contribution < 1.29 is 9.59 Å². The maximum absolute atomic E-state index is 12.5. The van der Waals surface area contributed by atoms with Gasteiger partial charge < -0.3 is 16.4 Å². The summed E-state index contributed by atoms with van der Waals surface area (Å²) in [6.45, 7) is 2.55. The third kappa shape index (κ3) is 1.92.